The Labute approximate surface area is 200 Å². The third-order valence-corrected chi connectivity index (χ3v) is 6.51. The molecule has 0 unspecified atom stereocenters. The summed E-state index contributed by atoms with van der Waals surface area (Å²) < 4.78 is 1.39. The van der Waals surface area contributed by atoms with Gasteiger partial charge in [0.05, 0.1) is 11.2 Å². The lowest BCUT2D eigenvalue weighted by molar-refractivity contribution is 0.0999. The number of pyridine rings is 2. The zero-order chi connectivity index (χ0) is 24.9. The number of nitrogens with two attached hydrogens (primary N) is 1. The van der Waals surface area contributed by atoms with Crippen molar-refractivity contribution >= 4 is 34.2 Å². The van der Waals surface area contributed by atoms with E-state index in [2.05, 4.69) is 31.3 Å². The van der Waals surface area contributed by atoms with Crippen LogP contribution in [0.1, 0.15) is 43.0 Å². The highest BCUT2D eigenvalue weighted by atomic mass is 35.5. The molecule has 1 saturated carbocycles. The van der Waals surface area contributed by atoms with Crippen LogP contribution in [-0.4, -0.2) is 28.5 Å². The summed E-state index contributed by atoms with van der Waals surface area (Å²) in [4.78, 5) is 31.6. The van der Waals surface area contributed by atoms with E-state index in [1.807, 2.05) is 31.0 Å². The number of primary amides is 1. The van der Waals surface area contributed by atoms with Crippen molar-refractivity contribution in [1.82, 2.24) is 9.55 Å². The zero-order valence-corrected chi connectivity index (χ0v) is 20.5. The van der Waals surface area contributed by atoms with Crippen LogP contribution in [0.4, 0.5) is 5.69 Å². The van der Waals surface area contributed by atoms with E-state index in [9.17, 15) is 9.59 Å². The van der Waals surface area contributed by atoms with Gasteiger partial charge in [-0.05, 0) is 61.8 Å². The maximum absolute atomic E-state index is 12.9. The second kappa shape index (κ2) is 11.1. The molecule has 1 aliphatic carbocycles. The Balaban J connectivity index is 0.00000187. The fourth-order valence-electron chi connectivity index (χ4n) is 4.50. The highest BCUT2D eigenvalue weighted by molar-refractivity contribution is 6.30. The molecule has 1 amide bonds. The standard InChI is InChI=1S/C24H29ClN4O2.C2H4/c1-6-7-14(2)15(3)16-8-10-17(11-9-16)28(4)22-20(23(26)30)24(31)29(5)18-12-13-19(25)27-21(18)22;1-2/h6-7,12-13,16-17H,2-3,8-11H2,1,4-5H3,(H2,26,30);1-2H2/b7-6-;. The van der Waals surface area contributed by atoms with Gasteiger partial charge in [0.2, 0.25) is 0 Å². The van der Waals surface area contributed by atoms with Gasteiger partial charge in [0.25, 0.3) is 11.5 Å². The van der Waals surface area contributed by atoms with Crippen molar-refractivity contribution in [2.24, 2.45) is 18.7 Å². The van der Waals surface area contributed by atoms with E-state index in [4.69, 9.17) is 17.3 Å². The summed E-state index contributed by atoms with van der Waals surface area (Å²) >= 11 is 6.16. The summed E-state index contributed by atoms with van der Waals surface area (Å²) in [6, 6.07) is 3.50. The number of rotatable bonds is 6. The molecular formula is C26H33ClN4O2. The average Bonchev–Trinajstić information content (AvgIpc) is 2.81. The molecule has 2 aromatic heterocycles. The molecule has 1 aliphatic rings. The second-order valence-electron chi connectivity index (χ2n) is 8.12. The van der Waals surface area contributed by atoms with Crippen LogP contribution in [0, 0.1) is 5.92 Å². The van der Waals surface area contributed by atoms with E-state index in [1.54, 1.807) is 19.2 Å². The van der Waals surface area contributed by atoms with E-state index in [0.717, 1.165) is 36.8 Å². The van der Waals surface area contributed by atoms with Gasteiger partial charge in [0.15, 0.2) is 0 Å². The first-order valence-corrected chi connectivity index (χ1v) is 11.3. The maximum atomic E-state index is 12.9. The van der Waals surface area contributed by atoms with Crippen molar-refractivity contribution in [3.05, 3.63) is 82.8 Å². The van der Waals surface area contributed by atoms with Crippen LogP contribution in [0.3, 0.4) is 0 Å². The van der Waals surface area contributed by atoms with E-state index in [-0.39, 0.29) is 11.6 Å². The van der Waals surface area contributed by atoms with E-state index < -0.39 is 11.5 Å². The number of carbonyl (C=O) groups is 1. The summed E-state index contributed by atoms with van der Waals surface area (Å²) in [7, 11) is 3.49. The van der Waals surface area contributed by atoms with Crippen LogP contribution >= 0.6 is 11.6 Å². The van der Waals surface area contributed by atoms with E-state index in [0.29, 0.717) is 27.8 Å². The molecule has 3 rings (SSSR count). The molecule has 2 heterocycles. The lowest BCUT2D eigenvalue weighted by Crippen LogP contribution is -2.40. The summed E-state index contributed by atoms with van der Waals surface area (Å²) in [5.74, 6) is -0.396. The molecule has 6 nitrogen and oxygen atoms in total. The lowest BCUT2D eigenvalue weighted by Gasteiger charge is -2.37. The molecule has 176 valence electrons. The molecule has 0 atom stereocenters. The van der Waals surface area contributed by atoms with Crippen molar-refractivity contribution in [3.8, 4) is 0 Å². The molecule has 0 aromatic carbocycles. The Morgan fingerprint density at radius 2 is 1.85 bits per heavy atom. The molecule has 2 N–H and O–H groups in total. The van der Waals surface area contributed by atoms with Gasteiger partial charge < -0.3 is 15.2 Å². The fourth-order valence-corrected chi connectivity index (χ4v) is 4.65. The third-order valence-electron chi connectivity index (χ3n) is 6.30. The minimum atomic E-state index is -0.768. The Morgan fingerprint density at radius 1 is 1.24 bits per heavy atom. The number of carbonyl (C=O) groups excluding carboxylic acids is 1. The molecule has 0 bridgehead atoms. The summed E-state index contributed by atoms with van der Waals surface area (Å²) in [5, 5.41) is 0.290. The first-order chi connectivity index (χ1) is 15.7. The molecule has 0 saturated heterocycles. The van der Waals surface area contributed by atoms with Crippen LogP contribution in [0.5, 0.6) is 0 Å². The summed E-state index contributed by atoms with van der Waals surface area (Å²) in [6.45, 7) is 16.3. The van der Waals surface area contributed by atoms with Crippen molar-refractivity contribution in [3.63, 3.8) is 0 Å². The second-order valence-corrected chi connectivity index (χ2v) is 8.51. The molecule has 2 aromatic rings. The number of fused-ring (bicyclic) bond motifs is 1. The summed E-state index contributed by atoms with van der Waals surface area (Å²) in [5.41, 5.74) is 8.74. The first kappa shape index (κ1) is 26.1. The Bertz CT molecular complexity index is 1160. The van der Waals surface area contributed by atoms with Crippen molar-refractivity contribution < 1.29 is 4.79 Å². The number of halogens is 1. The predicted molar refractivity (Wildman–Crippen MR) is 139 cm³/mol. The van der Waals surface area contributed by atoms with Gasteiger partial charge in [-0.15, -0.1) is 13.2 Å². The van der Waals surface area contributed by atoms with Crippen molar-refractivity contribution in [2.75, 3.05) is 11.9 Å². The number of amides is 1. The monoisotopic (exact) mass is 468 g/mol. The number of aromatic nitrogens is 2. The summed E-state index contributed by atoms with van der Waals surface area (Å²) in [6.07, 6.45) is 7.64. The molecule has 0 aliphatic heterocycles. The molecular weight excluding hydrogens is 436 g/mol. The Hall–Kier alpha value is -3.12. The normalized spacial score (nSPS) is 17.9. The number of allylic oxidation sites excluding steroid dienone is 4. The Kier molecular flexibility index (Phi) is 8.83. The Morgan fingerprint density at radius 3 is 2.39 bits per heavy atom. The van der Waals surface area contributed by atoms with E-state index >= 15 is 0 Å². The number of anilines is 1. The SMILES string of the molecule is C=C.C=C(/C=C\C)C(=C)C1CCC(N(C)c2c(C(N)=O)c(=O)n(C)c3ccc(Cl)nc23)CC1. The van der Waals surface area contributed by atoms with Gasteiger partial charge >= 0.3 is 0 Å². The van der Waals surface area contributed by atoms with Crippen LogP contribution in [0.25, 0.3) is 11.0 Å². The van der Waals surface area contributed by atoms with Crippen LogP contribution in [0.2, 0.25) is 5.15 Å². The first-order valence-electron chi connectivity index (χ1n) is 10.9. The van der Waals surface area contributed by atoms with Crippen LogP contribution < -0.4 is 16.2 Å². The smallest absolute Gasteiger partial charge is 0.265 e. The number of hydrogen-bond acceptors (Lipinski definition) is 4. The number of hydrogen-bond donors (Lipinski definition) is 1. The van der Waals surface area contributed by atoms with Crippen molar-refractivity contribution in [2.45, 2.75) is 38.6 Å². The van der Waals surface area contributed by atoms with Gasteiger partial charge in [-0.1, -0.05) is 36.9 Å². The van der Waals surface area contributed by atoms with E-state index in [1.165, 1.54) is 4.57 Å². The molecule has 33 heavy (non-hydrogen) atoms. The minimum absolute atomic E-state index is 0.0553. The highest BCUT2D eigenvalue weighted by Crippen LogP contribution is 2.37. The van der Waals surface area contributed by atoms with Gasteiger partial charge in [0, 0.05) is 20.1 Å². The molecule has 1 fully saturated rings. The van der Waals surface area contributed by atoms with Gasteiger partial charge in [-0.25, -0.2) is 4.98 Å². The van der Waals surface area contributed by atoms with Crippen LogP contribution in [0.15, 0.2) is 66.5 Å². The fraction of sp³-hybridized carbons (Fsp3) is 0.346. The number of aryl methyl sites for hydroxylation is 1. The number of nitrogens with zero attached hydrogens (tertiary/aromatic N) is 3. The highest BCUT2D eigenvalue weighted by Gasteiger charge is 2.30. The quantitative estimate of drug-likeness (QED) is 0.360. The van der Waals surface area contributed by atoms with Crippen molar-refractivity contribution in [1.29, 1.82) is 0 Å². The molecule has 0 spiro atoms. The maximum Gasteiger partial charge on any atom is 0.265 e. The average molecular weight is 469 g/mol. The predicted octanol–water partition coefficient (Wildman–Crippen LogP) is 5.17. The largest absolute Gasteiger partial charge is 0.369 e. The molecule has 0 radical (unpaired) electrons. The molecule has 7 heteroatoms. The van der Waals surface area contributed by atoms with Crippen LogP contribution in [-0.2, 0) is 7.05 Å². The van der Waals surface area contributed by atoms with Gasteiger partial charge in [0.1, 0.15) is 16.2 Å². The lowest BCUT2D eigenvalue weighted by atomic mass is 9.79. The minimum Gasteiger partial charge on any atom is -0.369 e. The van der Waals surface area contributed by atoms with Gasteiger partial charge in [-0.3, -0.25) is 9.59 Å². The van der Waals surface area contributed by atoms with Gasteiger partial charge in [-0.2, -0.15) is 0 Å². The third kappa shape index (κ3) is 5.28. The topological polar surface area (TPSA) is 81.2 Å². The zero-order valence-electron chi connectivity index (χ0n) is 19.7.